The van der Waals surface area contributed by atoms with Crippen LogP contribution in [0.25, 0.3) is 0 Å². The van der Waals surface area contributed by atoms with Gasteiger partial charge in [0.2, 0.25) is 0 Å². The van der Waals surface area contributed by atoms with Gasteiger partial charge in [0.15, 0.2) is 0 Å². The van der Waals surface area contributed by atoms with Gasteiger partial charge in [-0.3, -0.25) is 0 Å². The molecule has 1 aromatic carbocycles. The average molecular weight is 187 g/mol. The first-order valence-electron chi connectivity index (χ1n) is 4.27. The molecule has 1 aliphatic rings. The largest absolute Gasteiger partial charge is 0.157 e. The van der Waals surface area contributed by atoms with Crippen LogP contribution in [-0.2, 0) is 5.75 Å². The van der Waals surface area contributed by atoms with Crippen LogP contribution in [-0.4, -0.2) is 5.37 Å². The highest BCUT2D eigenvalue weighted by atomic mass is 32.2. The SMILES string of the molecule is [C]1=CC=S(Cc2ccccc2)C=C1. The van der Waals surface area contributed by atoms with Gasteiger partial charge < -0.3 is 0 Å². The molecule has 1 aliphatic heterocycles. The smallest absolute Gasteiger partial charge is 0.0173 e. The van der Waals surface area contributed by atoms with E-state index in [4.69, 9.17) is 0 Å². The van der Waals surface area contributed by atoms with Crippen molar-refractivity contribution in [3.8, 4) is 0 Å². The molecule has 0 spiro atoms. The van der Waals surface area contributed by atoms with Crippen LogP contribution in [0.5, 0.6) is 0 Å². The third kappa shape index (κ3) is 2.43. The van der Waals surface area contributed by atoms with Crippen molar-refractivity contribution in [2.24, 2.45) is 0 Å². The van der Waals surface area contributed by atoms with E-state index in [1.807, 2.05) is 12.2 Å². The minimum absolute atomic E-state index is 0.281. The summed E-state index contributed by atoms with van der Waals surface area (Å²) in [7, 11) is 0.281. The molecule has 0 fully saturated rings. The van der Waals surface area contributed by atoms with E-state index in [9.17, 15) is 0 Å². The lowest BCUT2D eigenvalue weighted by atomic mass is 10.2. The van der Waals surface area contributed by atoms with Gasteiger partial charge in [0.1, 0.15) is 0 Å². The Morgan fingerprint density at radius 3 is 2.69 bits per heavy atom. The van der Waals surface area contributed by atoms with Crippen LogP contribution in [0.15, 0.2) is 47.9 Å². The summed E-state index contributed by atoms with van der Waals surface area (Å²) in [4.78, 5) is 0. The Balaban J connectivity index is 2.11. The van der Waals surface area contributed by atoms with E-state index >= 15 is 0 Å². The number of hydrogen-bond acceptors (Lipinski definition) is 0. The highest BCUT2D eigenvalue weighted by Crippen LogP contribution is 2.22. The Labute approximate surface area is 81.5 Å². The van der Waals surface area contributed by atoms with Gasteiger partial charge in [-0.25, -0.2) is 0 Å². The van der Waals surface area contributed by atoms with Crippen LogP contribution < -0.4 is 0 Å². The molecule has 1 radical (unpaired) electrons. The molecule has 0 bridgehead atoms. The van der Waals surface area contributed by atoms with Crippen LogP contribution in [0.1, 0.15) is 5.56 Å². The van der Waals surface area contributed by atoms with Crippen LogP contribution in [0.2, 0.25) is 0 Å². The predicted molar refractivity (Wildman–Crippen MR) is 60.8 cm³/mol. The van der Waals surface area contributed by atoms with Gasteiger partial charge in [0.25, 0.3) is 0 Å². The molecule has 1 aromatic rings. The van der Waals surface area contributed by atoms with Crippen molar-refractivity contribution >= 4 is 15.9 Å². The first-order chi connectivity index (χ1) is 6.45. The van der Waals surface area contributed by atoms with E-state index in [-0.39, 0.29) is 10.5 Å². The molecule has 1 heteroatoms. The molecule has 13 heavy (non-hydrogen) atoms. The molecule has 0 saturated carbocycles. The van der Waals surface area contributed by atoms with Crippen molar-refractivity contribution in [1.29, 1.82) is 0 Å². The zero-order valence-electron chi connectivity index (χ0n) is 7.31. The summed E-state index contributed by atoms with van der Waals surface area (Å²) in [5.41, 5.74) is 1.40. The molecule has 0 saturated heterocycles. The molecule has 2 rings (SSSR count). The van der Waals surface area contributed by atoms with E-state index in [1.54, 1.807) is 0 Å². The summed E-state index contributed by atoms with van der Waals surface area (Å²) in [6.07, 6.45) is 7.06. The molecule has 0 aliphatic carbocycles. The van der Waals surface area contributed by atoms with Crippen LogP contribution in [0.3, 0.4) is 0 Å². The van der Waals surface area contributed by atoms with Crippen molar-refractivity contribution in [3.05, 3.63) is 59.5 Å². The first-order valence-corrected chi connectivity index (χ1v) is 5.79. The molecule has 0 nitrogen and oxygen atoms in total. The second-order valence-corrected chi connectivity index (χ2v) is 4.64. The topological polar surface area (TPSA) is 0 Å². The molecule has 1 unspecified atom stereocenters. The van der Waals surface area contributed by atoms with E-state index in [0.717, 1.165) is 5.75 Å². The van der Waals surface area contributed by atoms with Crippen molar-refractivity contribution in [3.63, 3.8) is 0 Å². The van der Waals surface area contributed by atoms with Gasteiger partial charge in [-0.2, -0.15) is 10.5 Å². The van der Waals surface area contributed by atoms with E-state index in [2.05, 4.69) is 47.2 Å². The summed E-state index contributed by atoms with van der Waals surface area (Å²) in [5.74, 6) is 1.12. The van der Waals surface area contributed by atoms with Gasteiger partial charge in [-0.05, 0) is 34.6 Å². The zero-order chi connectivity index (χ0) is 8.93. The quantitative estimate of drug-likeness (QED) is 0.624. The van der Waals surface area contributed by atoms with Gasteiger partial charge >= 0.3 is 0 Å². The fourth-order valence-corrected chi connectivity index (χ4v) is 2.58. The monoisotopic (exact) mass is 187 g/mol. The number of rotatable bonds is 2. The summed E-state index contributed by atoms with van der Waals surface area (Å²) in [6, 6.07) is 10.6. The van der Waals surface area contributed by atoms with Crippen LogP contribution in [0.4, 0.5) is 0 Å². The van der Waals surface area contributed by atoms with Gasteiger partial charge in [0.05, 0.1) is 0 Å². The maximum atomic E-state index is 3.05. The third-order valence-corrected chi connectivity index (χ3v) is 3.49. The molecular formula is C12H11S. The summed E-state index contributed by atoms with van der Waals surface area (Å²) in [6.45, 7) is 0. The molecule has 1 atom stereocenters. The Kier molecular flexibility index (Phi) is 2.78. The molecule has 1 heterocycles. The third-order valence-electron chi connectivity index (χ3n) is 1.85. The van der Waals surface area contributed by atoms with Crippen molar-refractivity contribution < 1.29 is 0 Å². The molecule has 65 valence electrons. The second kappa shape index (κ2) is 4.24. The molecule has 0 amide bonds. The Morgan fingerprint density at radius 2 is 2.00 bits per heavy atom. The zero-order valence-corrected chi connectivity index (χ0v) is 8.13. The standard InChI is InChI=1S/C12H11S/c1-3-7-12(8-4-1)11-13-9-5-2-6-10-13/h1,3-10H,11H2. The summed E-state index contributed by atoms with van der Waals surface area (Å²) in [5, 5.41) is 4.43. The minimum atomic E-state index is 0.281. The van der Waals surface area contributed by atoms with E-state index in [1.165, 1.54) is 5.56 Å². The molecule has 0 N–H and O–H groups in total. The fraction of sp³-hybridized carbons (Fsp3) is 0.0833. The first kappa shape index (κ1) is 8.52. The van der Waals surface area contributed by atoms with Gasteiger partial charge in [-0.15, -0.1) is 0 Å². The Morgan fingerprint density at radius 1 is 1.15 bits per heavy atom. The average Bonchev–Trinajstić information content (AvgIpc) is 2.21. The Hall–Kier alpha value is -1.08. The van der Waals surface area contributed by atoms with Crippen molar-refractivity contribution in [1.82, 2.24) is 0 Å². The normalized spacial score (nSPS) is 19.8. The lowest BCUT2D eigenvalue weighted by Gasteiger charge is -2.04. The predicted octanol–water partition coefficient (Wildman–Crippen LogP) is 3.14. The number of benzene rings is 1. The highest BCUT2D eigenvalue weighted by Gasteiger charge is 1.94. The second-order valence-electron chi connectivity index (χ2n) is 2.87. The summed E-state index contributed by atoms with van der Waals surface area (Å²) < 4.78 is 0. The maximum absolute atomic E-state index is 3.05. The molecular weight excluding hydrogens is 176 g/mol. The van der Waals surface area contributed by atoms with Crippen LogP contribution in [0, 0.1) is 6.08 Å². The van der Waals surface area contributed by atoms with Gasteiger partial charge in [0, 0.05) is 5.75 Å². The minimum Gasteiger partial charge on any atom is -0.157 e. The highest BCUT2D eigenvalue weighted by molar-refractivity contribution is 8.17. The van der Waals surface area contributed by atoms with Gasteiger partial charge in [-0.1, -0.05) is 30.3 Å². The number of allylic oxidation sites excluding steroid dienone is 3. The maximum Gasteiger partial charge on any atom is 0.0173 e. The molecule has 0 aromatic heterocycles. The Bertz CT molecular complexity index is 358. The van der Waals surface area contributed by atoms with Crippen LogP contribution >= 0.6 is 10.5 Å². The lowest BCUT2D eigenvalue weighted by Crippen LogP contribution is -1.82. The van der Waals surface area contributed by atoms with E-state index in [0.29, 0.717) is 0 Å². The fourth-order valence-electron chi connectivity index (χ4n) is 1.22. The van der Waals surface area contributed by atoms with Crippen molar-refractivity contribution in [2.45, 2.75) is 5.75 Å². The lowest BCUT2D eigenvalue weighted by molar-refractivity contribution is 1.42. The van der Waals surface area contributed by atoms with Crippen molar-refractivity contribution in [2.75, 3.05) is 0 Å². The number of hydrogen-bond donors (Lipinski definition) is 0. The summed E-state index contributed by atoms with van der Waals surface area (Å²) >= 11 is 0. The van der Waals surface area contributed by atoms with E-state index < -0.39 is 0 Å².